The van der Waals surface area contributed by atoms with Crippen molar-refractivity contribution < 1.29 is 4.79 Å². The second-order valence-electron chi connectivity index (χ2n) is 4.38. The van der Waals surface area contributed by atoms with Crippen LogP contribution < -0.4 is 0 Å². The van der Waals surface area contributed by atoms with E-state index in [-0.39, 0.29) is 5.92 Å². The van der Waals surface area contributed by atoms with Gasteiger partial charge in [0.25, 0.3) is 0 Å². The van der Waals surface area contributed by atoms with Crippen LogP contribution >= 0.6 is 0 Å². The number of Topliss-reactive ketones (excluding diaryl/α,β-unsaturated/α-hetero) is 1. The number of terminal acetylenes is 1. The fourth-order valence-electron chi connectivity index (χ4n) is 2.37. The molecule has 0 aliphatic heterocycles. The van der Waals surface area contributed by atoms with E-state index >= 15 is 0 Å². The third-order valence-corrected chi connectivity index (χ3v) is 3.32. The fourth-order valence-corrected chi connectivity index (χ4v) is 2.37. The number of carbonyl (C=O) groups is 1. The molecule has 0 bridgehead atoms. The number of hydrogen-bond acceptors (Lipinski definition) is 1. The zero-order valence-electron chi connectivity index (χ0n) is 9.41. The summed E-state index contributed by atoms with van der Waals surface area (Å²) in [5.74, 6) is 3.07. The predicted molar refractivity (Wildman–Crippen MR) is 65.0 cm³/mol. The van der Waals surface area contributed by atoms with Crippen molar-refractivity contribution in [1.29, 1.82) is 0 Å². The topological polar surface area (TPSA) is 17.1 Å². The Labute approximate surface area is 96.9 Å². The molecule has 82 valence electrons. The van der Waals surface area contributed by atoms with Crippen LogP contribution in [0.1, 0.15) is 30.4 Å². The van der Waals surface area contributed by atoms with Crippen molar-refractivity contribution in [3.8, 4) is 12.3 Å². The van der Waals surface area contributed by atoms with Gasteiger partial charge in [-0.25, -0.2) is 0 Å². The molecule has 0 radical (unpaired) electrons. The van der Waals surface area contributed by atoms with Gasteiger partial charge >= 0.3 is 0 Å². The average molecular weight is 212 g/mol. The van der Waals surface area contributed by atoms with Gasteiger partial charge in [0.15, 0.2) is 0 Å². The van der Waals surface area contributed by atoms with Crippen LogP contribution in [-0.4, -0.2) is 5.78 Å². The summed E-state index contributed by atoms with van der Waals surface area (Å²) in [6.07, 6.45) is 9.23. The smallest absolute Gasteiger partial charge is 0.137 e. The molecular formula is C15H16O. The van der Waals surface area contributed by atoms with Crippen LogP contribution in [0.2, 0.25) is 0 Å². The van der Waals surface area contributed by atoms with Crippen LogP contribution in [-0.2, 0) is 17.6 Å². The highest BCUT2D eigenvalue weighted by Gasteiger charge is 2.23. The number of fused-ring (bicyclic) bond motifs is 1. The minimum absolute atomic E-state index is 0.197. The summed E-state index contributed by atoms with van der Waals surface area (Å²) < 4.78 is 0. The van der Waals surface area contributed by atoms with E-state index in [4.69, 9.17) is 6.42 Å². The number of benzene rings is 1. The molecular weight excluding hydrogens is 196 g/mol. The molecule has 16 heavy (non-hydrogen) atoms. The highest BCUT2D eigenvalue weighted by molar-refractivity contribution is 5.81. The van der Waals surface area contributed by atoms with Crippen LogP contribution in [0.4, 0.5) is 0 Å². The van der Waals surface area contributed by atoms with Crippen LogP contribution in [0, 0.1) is 18.3 Å². The Bertz CT molecular complexity index is 425. The molecule has 0 aromatic heterocycles. The molecule has 1 atom stereocenters. The number of rotatable bonds is 3. The van der Waals surface area contributed by atoms with Crippen molar-refractivity contribution in [3.05, 3.63) is 35.4 Å². The Kier molecular flexibility index (Phi) is 3.41. The summed E-state index contributed by atoms with van der Waals surface area (Å²) >= 11 is 0. The standard InChI is InChI=1S/C15H16O/c1-2-3-8-15(16)14-10-9-12-6-4-5-7-13(12)11-14/h1,4-7,14H,3,8-11H2. The van der Waals surface area contributed by atoms with Gasteiger partial charge in [-0.2, -0.15) is 0 Å². The lowest BCUT2D eigenvalue weighted by atomic mass is 9.81. The molecule has 1 aromatic carbocycles. The summed E-state index contributed by atoms with van der Waals surface area (Å²) in [6, 6.07) is 8.42. The fraction of sp³-hybridized carbons (Fsp3) is 0.400. The first-order chi connectivity index (χ1) is 7.81. The Hall–Kier alpha value is -1.55. The van der Waals surface area contributed by atoms with Gasteiger partial charge in [0.2, 0.25) is 0 Å². The summed E-state index contributed by atoms with van der Waals surface area (Å²) in [7, 11) is 0. The molecule has 0 amide bonds. The number of ketones is 1. The van der Waals surface area contributed by atoms with Gasteiger partial charge in [0.05, 0.1) is 0 Å². The zero-order chi connectivity index (χ0) is 11.4. The SMILES string of the molecule is C#CCCC(=O)C1CCc2ccccc2C1. The lowest BCUT2D eigenvalue weighted by Crippen LogP contribution is -2.22. The summed E-state index contributed by atoms with van der Waals surface area (Å²) in [4.78, 5) is 11.9. The maximum Gasteiger partial charge on any atom is 0.137 e. The minimum Gasteiger partial charge on any atom is -0.299 e. The van der Waals surface area contributed by atoms with E-state index in [1.165, 1.54) is 11.1 Å². The number of aryl methyl sites for hydroxylation is 1. The summed E-state index contributed by atoms with van der Waals surface area (Å²) in [5.41, 5.74) is 2.75. The molecule has 0 saturated heterocycles. The molecule has 1 heteroatoms. The van der Waals surface area contributed by atoms with Gasteiger partial charge in [-0.3, -0.25) is 4.79 Å². The molecule has 2 rings (SSSR count). The lowest BCUT2D eigenvalue weighted by Gasteiger charge is -2.23. The molecule has 1 aromatic rings. The second-order valence-corrected chi connectivity index (χ2v) is 4.38. The largest absolute Gasteiger partial charge is 0.299 e. The maximum absolute atomic E-state index is 11.9. The quantitative estimate of drug-likeness (QED) is 0.704. The molecule has 1 aliphatic carbocycles. The molecule has 0 N–H and O–H groups in total. The van der Waals surface area contributed by atoms with Gasteiger partial charge in [-0.1, -0.05) is 24.3 Å². The van der Waals surface area contributed by atoms with Crippen molar-refractivity contribution in [2.75, 3.05) is 0 Å². The third-order valence-electron chi connectivity index (χ3n) is 3.32. The molecule has 0 spiro atoms. The van der Waals surface area contributed by atoms with Crippen molar-refractivity contribution >= 4 is 5.78 Å². The summed E-state index contributed by atoms with van der Waals surface area (Å²) in [6.45, 7) is 0. The lowest BCUT2D eigenvalue weighted by molar-refractivity contribution is -0.123. The van der Waals surface area contributed by atoms with Crippen molar-refractivity contribution in [2.24, 2.45) is 5.92 Å². The first-order valence-corrected chi connectivity index (χ1v) is 5.84. The second kappa shape index (κ2) is 4.99. The first-order valence-electron chi connectivity index (χ1n) is 5.84. The van der Waals surface area contributed by atoms with E-state index in [0.717, 1.165) is 19.3 Å². The van der Waals surface area contributed by atoms with Gasteiger partial charge in [-0.05, 0) is 30.4 Å². The predicted octanol–water partition coefficient (Wildman–Crippen LogP) is 2.77. The molecule has 0 fully saturated rings. The van der Waals surface area contributed by atoms with Gasteiger partial charge in [0, 0.05) is 18.8 Å². The van der Waals surface area contributed by atoms with Gasteiger partial charge in [-0.15, -0.1) is 12.3 Å². The van der Waals surface area contributed by atoms with E-state index < -0.39 is 0 Å². The third kappa shape index (κ3) is 2.33. The average Bonchev–Trinajstić information content (AvgIpc) is 2.35. The normalized spacial score (nSPS) is 18.6. The molecule has 0 saturated carbocycles. The maximum atomic E-state index is 11.9. The van der Waals surface area contributed by atoms with Crippen LogP contribution in [0.25, 0.3) is 0 Å². The number of carbonyl (C=O) groups excluding carboxylic acids is 1. The Morgan fingerprint density at radius 2 is 2.12 bits per heavy atom. The molecule has 1 unspecified atom stereocenters. The molecule has 1 nitrogen and oxygen atoms in total. The van der Waals surface area contributed by atoms with E-state index in [0.29, 0.717) is 18.6 Å². The monoisotopic (exact) mass is 212 g/mol. The van der Waals surface area contributed by atoms with Crippen molar-refractivity contribution in [3.63, 3.8) is 0 Å². The Morgan fingerprint density at radius 1 is 1.38 bits per heavy atom. The van der Waals surface area contributed by atoms with Gasteiger partial charge in [0.1, 0.15) is 5.78 Å². The highest BCUT2D eigenvalue weighted by Crippen LogP contribution is 2.26. The van der Waals surface area contributed by atoms with E-state index in [1.54, 1.807) is 0 Å². The highest BCUT2D eigenvalue weighted by atomic mass is 16.1. The van der Waals surface area contributed by atoms with E-state index in [1.807, 2.05) is 6.07 Å². The van der Waals surface area contributed by atoms with E-state index in [2.05, 4.69) is 24.1 Å². The minimum atomic E-state index is 0.197. The summed E-state index contributed by atoms with van der Waals surface area (Å²) in [5, 5.41) is 0. The molecule has 1 aliphatic rings. The van der Waals surface area contributed by atoms with Crippen molar-refractivity contribution in [1.82, 2.24) is 0 Å². The number of hydrogen-bond donors (Lipinski definition) is 0. The Morgan fingerprint density at radius 3 is 2.88 bits per heavy atom. The Balaban J connectivity index is 2.03. The van der Waals surface area contributed by atoms with E-state index in [9.17, 15) is 4.79 Å². The van der Waals surface area contributed by atoms with Crippen LogP contribution in [0.15, 0.2) is 24.3 Å². The van der Waals surface area contributed by atoms with Gasteiger partial charge < -0.3 is 0 Å². The van der Waals surface area contributed by atoms with Crippen LogP contribution in [0.3, 0.4) is 0 Å². The zero-order valence-corrected chi connectivity index (χ0v) is 9.41. The van der Waals surface area contributed by atoms with Crippen molar-refractivity contribution in [2.45, 2.75) is 32.1 Å². The first kappa shape index (κ1) is 11.0. The molecule has 0 heterocycles. The van der Waals surface area contributed by atoms with Crippen LogP contribution in [0.5, 0.6) is 0 Å².